The van der Waals surface area contributed by atoms with Gasteiger partial charge in [-0.3, -0.25) is 14.6 Å². The second-order valence-corrected chi connectivity index (χ2v) is 8.55. The Balaban J connectivity index is 1.46. The van der Waals surface area contributed by atoms with Crippen LogP contribution in [-0.2, 0) is 4.74 Å². The Morgan fingerprint density at radius 3 is 2.16 bits per heavy atom. The van der Waals surface area contributed by atoms with Gasteiger partial charge in [-0.15, -0.1) is 0 Å². The summed E-state index contributed by atoms with van der Waals surface area (Å²) >= 11 is 0. The summed E-state index contributed by atoms with van der Waals surface area (Å²) < 4.78 is 30.6. The van der Waals surface area contributed by atoms with Crippen molar-refractivity contribution in [3.05, 3.63) is 89.0 Å². The number of amides is 1. The van der Waals surface area contributed by atoms with Crippen molar-refractivity contribution in [1.29, 1.82) is 0 Å². The quantitative estimate of drug-likeness (QED) is 0.367. The number of esters is 1. The van der Waals surface area contributed by atoms with Crippen LogP contribution in [0.5, 0.6) is 11.5 Å². The number of carbonyl (C=O) groups is 3. The molecule has 1 fully saturated rings. The molecule has 1 unspecified atom stereocenters. The fraction of sp³-hybridized carbons (Fsp3) is 0.259. The van der Waals surface area contributed by atoms with E-state index in [2.05, 4.69) is 10.3 Å². The van der Waals surface area contributed by atoms with E-state index in [1.807, 2.05) is 11.9 Å². The zero-order chi connectivity index (χ0) is 26.5. The summed E-state index contributed by atoms with van der Waals surface area (Å²) in [5, 5.41) is 2.91. The first-order valence-corrected chi connectivity index (χ1v) is 11.5. The number of methoxy groups -OCH3 is 2. The van der Waals surface area contributed by atoms with Crippen molar-refractivity contribution in [2.45, 2.75) is 12.1 Å². The number of likely N-dealkylation sites (N-methyl/N-ethyl adjacent to an activating group) is 1. The van der Waals surface area contributed by atoms with Crippen LogP contribution in [0.4, 0.5) is 4.39 Å². The van der Waals surface area contributed by atoms with E-state index in [1.165, 1.54) is 63.0 Å². The number of aromatic nitrogens is 1. The van der Waals surface area contributed by atoms with Gasteiger partial charge >= 0.3 is 5.97 Å². The number of benzene rings is 2. The summed E-state index contributed by atoms with van der Waals surface area (Å²) in [6.07, 6.45) is 2.49. The van der Waals surface area contributed by atoms with Gasteiger partial charge in [-0.2, -0.15) is 0 Å². The average Bonchev–Trinajstić information content (AvgIpc) is 3.26. The number of rotatable bonds is 8. The van der Waals surface area contributed by atoms with Crippen molar-refractivity contribution in [1.82, 2.24) is 15.2 Å². The molecule has 3 aromatic rings. The fourth-order valence-electron chi connectivity index (χ4n) is 4.16. The smallest absolute Gasteiger partial charge is 0.338 e. The van der Waals surface area contributed by atoms with Crippen LogP contribution in [0.2, 0.25) is 0 Å². The van der Waals surface area contributed by atoms with Gasteiger partial charge in [-0.25, -0.2) is 9.18 Å². The minimum atomic E-state index is -0.833. The molecule has 0 spiro atoms. The van der Waals surface area contributed by atoms with E-state index in [4.69, 9.17) is 14.2 Å². The minimum Gasteiger partial charge on any atom is -0.496 e. The second-order valence-electron chi connectivity index (χ2n) is 8.55. The first-order chi connectivity index (χ1) is 17.8. The van der Waals surface area contributed by atoms with Crippen molar-refractivity contribution in [2.24, 2.45) is 0 Å². The number of hydrogen-bond donors (Lipinski definition) is 1. The summed E-state index contributed by atoms with van der Waals surface area (Å²) in [6, 6.07) is 11.3. The summed E-state index contributed by atoms with van der Waals surface area (Å²) in [4.78, 5) is 44.3. The molecule has 1 aromatic heterocycles. The third kappa shape index (κ3) is 5.59. The lowest BCUT2D eigenvalue weighted by molar-refractivity contribution is 0.0270. The van der Waals surface area contributed by atoms with Gasteiger partial charge in [0.25, 0.3) is 5.91 Å². The van der Waals surface area contributed by atoms with E-state index < -0.39 is 29.7 Å². The number of ketones is 1. The predicted octanol–water partition coefficient (Wildman–Crippen LogP) is 2.74. The number of hydrogen-bond acceptors (Lipinski definition) is 8. The number of pyridine rings is 1. The standard InChI is InChI=1S/C27H26FN3O6/c1-31-14-19(30-26(33)17-10-12-29-13-11-17)22(15-31)37-27(34)18-6-4-16(5-7-18)25(32)23-20(35-2)8-9-21(36-3)24(23)28/h4-13,19,22H,14-15H2,1-3H3,(H,30,33)/t19-,22?/m1/s1. The molecular weight excluding hydrogens is 481 g/mol. The Kier molecular flexibility index (Phi) is 7.78. The molecule has 1 aliphatic rings. The van der Waals surface area contributed by atoms with Crippen LogP contribution in [0.15, 0.2) is 60.9 Å². The topological polar surface area (TPSA) is 107 Å². The zero-order valence-corrected chi connectivity index (χ0v) is 20.6. The predicted molar refractivity (Wildman–Crippen MR) is 132 cm³/mol. The van der Waals surface area contributed by atoms with Gasteiger partial charge in [0.2, 0.25) is 0 Å². The normalized spacial score (nSPS) is 17.2. The van der Waals surface area contributed by atoms with Crippen LogP contribution in [0.1, 0.15) is 36.6 Å². The molecule has 0 radical (unpaired) electrons. The van der Waals surface area contributed by atoms with Gasteiger partial charge in [0, 0.05) is 36.6 Å². The molecule has 2 heterocycles. The van der Waals surface area contributed by atoms with Crippen molar-refractivity contribution in [2.75, 3.05) is 34.4 Å². The van der Waals surface area contributed by atoms with Crippen molar-refractivity contribution in [3.8, 4) is 11.5 Å². The van der Waals surface area contributed by atoms with E-state index in [0.29, 0.717) is 18.7 Å². The first-order valence-electron chi connectivity index (χ1n) is 11.5. The molecule has 1 N–H and O–H groups in total. The number of ether oxygens (including phenoxy) is 3. The van der Waals surface area contributed by atoms with Crippen LogP contribution in [0.3, 0.4) is 0 Å². The molecule has 9 nitrogen and oxygen atoms in total. The summed E-state index contributed by atoms with van der Waals surface area (Å²) in [7, 11) is 4.51. The molecular formula is C27H26FN3O6. The molecule has 0 bridgehead atoms. The third-order valence-corrected chi connectivity index (χ3v) is 6.08. The highest BCUT2D eigenvalue weighted by molar-refractivity contribution is 6.11. The number of nitrogens with one attached hydrogen (secondary N) is 1. The number of likely N-dealkylation sites (tertiary alicyclic amines) is 1. The van der Waals surface area contributed by atoms with E-state index in [-0.39, 0.29) is 34.1 Å². The van der Waals surface area contributed by atoms with Gasteiger partial charge in [0.1, 0.15) is 17.4 Å². The maximum absolute atomic E-state index is 14.8. The maximum atomic E-state index is 14.8. The average molecular weight is 508 g/mol. The summed E-state index contributed by atoms with van der Waals surface area (Å²) in [6.45, 7) is 0.953. The fourth-order valence-corrected chi connectivity index (χ4v) is 4.16. The summed E-state index contributed by atoms with van der Waals surface area (Å²) in [5.74, 6) is -2.36. The Morgan fingerprint density at radius 1 is 0.892 bits per heavy atom. The molecule has 0 aliphatic carbocycles. The summed E-state index contributed by atoms with van der Waals surface area (Å²) in [5.41, 5.74) is 0.562. The highest BCUT2D eigenvalue weighted by Gasteiger charge is 2.35. The van der Waals surface area contributed by atoms with Gasteiger partial charge in [0.05, 0.1) is 25.8 Å². The molecule has 10 heteroatoms. The van der Waals surface area contributed by atoms with Crippen molar-refractivity contribution in [3.63, 3.8) is 0 Å². The molecule has 1 amide bonds. The van der Waals surface area contributed by atoms with Crippen LogP contribution < -0.4 is 14.8 Å². The molecule has 37 heavy (non-hydrogen) atoms. The lowest BCUT2D eigenvalue weighted by atomic mass is 10.00. The molecule has 2 aromatic carbocycles. The van der Waals surface area contributed by atoms with Crippen LogP contribution in [-0.4, -0.2) is 74.0 Å². The number of halogens is 1. The van der Waals surface area contributed by atoms with E-state index in [0.717, 1.165) is 0 Å². The molecule has 1 saturated heterocycles. The maximum Gasteiger partial charge on any atom is 0.338 e. The highest BCUT2D eigenvalue weighted by atomic mass is 19.1. The van der Waals surface area contributed by atoms with E-state index in [9.17, 15) is 18.8 Å². The third-order valence-electron chi connectivity index (χ3n) is 6.08. The molecule has 0 saturated carbocycles. The van der Waals surface area contributed by atoms with Crippen LogP contribution in [0.25, 0.3) is 0 Å². The van der Waals surface area contributed by atoms with Gasteiger partial charge in [0.15, 0.2) is 17.3 Å². The Morgan fingerprint density at radius 2 is 1.51 bits per heavy atom. The lowest BCUT2D eigenvalue weighted by Crippen LogP contribution is -2.44. The SMILES string of the molecule is COc1ccc(OC)c(C(=O)c2ccc(C(=O)OC3CN(C)C[C@H]3NC(=O)c3ccncc3)cc2)c1F. The Labute approximate surface area is 213 Å². The zero-order valence-electron chi connectivity index (χ0n) is 20.6. The van der Waals surface area contributed by atoms with Crippen LogP contribution >= 0.6 is 0 Å². The molecule has 4 rings (SSSR count). The van der Waals surface area contributed by atoms with E-state index in [1.54, 1.807) is 12.1 Å². The van der Waals surface area contributed by atoms with Crippen molar-refractivity contribution < 1.29 is 33.0 Å². The molecule has 192 valence electrons. The minimum absolute atomic E-state index is 0.0667. The highest BCUT2D eigenvalue weighted by Crippen LogP contribution is 2.31. The number of carbonyl (C=O) groups excluding carboxylic acids is 3. The van der Waals surface area contributed by atoms with Gasteiger partial charge < -0.3 is 24.4 Å². The Hall–Kier alpha value is -4.31. The molecule has 1 aliphatic heterocycles. The number of nitrogens with zero attached hydrogens (tertiary/aromatic N) is 2. The monoisotopic (exact) mass is 507 g/mol. The second kappa shape index (κ2) is 11.2. The Bertz CT molecular complexity index is 1300. The van der Waals surface area contributed by atoms with Crippen molar-refractivity contribution >= 4 is 17.7 Å². The van der Waals surface area contributed by atoms with E-state index >= 15 is 0 Å². The largest absolute Gasteiger partial charge is 0.496 e. The van der Waals surface area contributed by atoms with Gasteiger partial charge in [-0.05, 0) is 43.4 Å². The van der Waals surface area contributed by atoms with Gasteiger partial charge in [-0.1, -0.05) is 12.1 Å². The lowest BCUT2D eigenvalue weighted by Gasteiger charge is -2.20. The first kappa shape index (κ1) is 25.8. The van der Waals surface area contributed by atoms with Crippen LogP contribution in [0, 0.1) is 5.82 Å². The molecule has 2 atom stereocenters.